The summed E-state index contributed by atoms with van der Waals surface area (Å²) in [6.07, 6.45) is 3.71. The molecule has 0 N–H and O–H groups in total. The number of aromatic nitrogens is 9. The lowest BCUT2D eigenvalue weighted by atomic mass is 9.98. The van der Waals surface area contributed by atoms with Crippen molar-refractivity contribution in [2.24, 2.45) is 0 Å². The van der Waals surface area contributed by atoms with E-state index in [1.807, 2.05) is 83.6 Å². The SMILES string of the molecule is c1ccc(-c2ccc(-c3cc(-c4ccccc4)nc(-n4c5ccccc5c5cc(-c6cccc7c6sc6ccccc67)ccc54)n3)cc2)cc1.c1ccc(-c2ccc(-c3ccnc(-c4cccc(-n5c6ccccc6c6cc(-c7cccc8c7sc7ccccc78)ccc65)c4)n3)cc2)cc1.c1ccc(-c2cccc(-c3ccc(-c4ccnc(-n5c6ccccc6c6cc(-c7cccc8c7oc7ccccc78)ccc65)n4)cc3)c2)cc1. The van der Waals surface area contributed by atoms with Gasteiger partial charge in [0.2, 0.25) is 11.9 Å². The molecule has 702 valence electrons. The summed E-state index contributed by atoms with van der Waals surface area (Å²) in [5, 5.41) is 14.6. The molecule has 0 saturated carbocycles. The summed E-state index contributed by atoms with van der Waals surface area (Å²) in [7, 11) is 0. The van der Waals surface area contributed by atoms with Crippen LogP contribution in [0.15, 0.2) is 532 Å². The van der Waals surface area contributed by atoms with Gasteiger partial charge in [-0.2, -0.15) is 0 Å². The molecule has 0 bridgehead atoms. The van der Waals surface area contributed by atoms with Crippen molar-refractivity contribution in [1.82, 2.24) is 43.6 Å². The maximum Gasteiger partial charge on any atom is 0.235 e. The fraction of sp³-hybridized carbons (Fsp3) is 0. The molecule has 0 aliphatic heterocycles. The quantitative estimate of drug-likeness (QED) is 0.101. The Morgan fingerprint density at radius 1 is 0.180 bits per heavy atom. The third-order valence-corrected chi connectivity index (χ3v) is 31.5. The van der Waals surface area contributed by atoms with Crippen LogP contribution in [-0.2, 0) is 0 Å². The highest BCUT2D eigenvalue weighted by molar-refractivity contribution is 7.26. The average Bonchev–Trinajstić information content (AvgIpc) is 1.58. The van der Waals surface area contributed by atoms with Crippen molar-refractivity contribution in [1.29, 1.82) is 0 Å². The van der Waals surface area contributed by atoms with E-state index in [9.17, 15) is 0 Å². The smallest absolute Gasteiger partial charge is 0.235 e. The molecule has 150 heavy (non-hydrogen) atoms. The maximum absolute atomic E-state index is 6.40. The van der Waals surface area contributed by atoms with Crippen LogP contribution in [0, 0.1) is 0 Å². The van der Waals surface area contributed by atoms with Gasteiger partial charge >= 0.3 is 0 Å². The van der Waals surface area contributed by atoms with Crippen molar-refractivity contribution in [3.05, 3.63) is 528 Å². The molecular formula is C138H87N9OS2. The van der Waals surface area contributed by atoms with Gasteiger partial charge in [0.25, 0.3) is 0 Å². The van der Waals surface area contributed by atoms with Crippen molar-refractivity contribution in [2.75, 3.05) is 0 Å². The van der Waals surface area contributed by atoms with E-state index in [0.29, 0.717) is 17.7 Å². The number of nitrogens with zero attached hydrogens (tertiary/aromatic N) is 9. The molecule has 9 aromatic heterocycles. The molecule has 0 atom stereocenters. The maximum atomic E-state index is 6.40. The van der Waals surface area contributed by atoms with Gasteiger partial charge in [0, 0.05) is 135 Å². The Kier molecular flexibility index (Phi) is 22.1. The normalized spacial score (nSPS) is 11.6. The van der Waals surface area contributed by atoms with Gasteiger partial charge in [-0.1, -0.05) is 406 Å². The number of thiophene rings is 2. The average molecular weight is 1950 g/mol. The molecule has 0 saturated heterocycles. The van der Waals surface area contributed by atoms with E-state index in [1.165, 1.54) is 134 Å². The van der Waals surface area contributed by atoms with Crippen LogP contribution in [0.2, 0.25) is 0 Å². The lowest BCUT2D eigenvalue weighted by Crippen LogP contribution is -2.04. The first-order valence-corrected chi connectivity index (χ1v) is 52.1. The van der Waals surface area contributed by atoms with Gasteiger partial charge in [0.05, 0.1) is 55.9 Å². The highest BCUT2D eigenvalue weighted by atomic mass is 32.1. The molecule has 9 heterocycles. The topological polar surface area (TPSA) is 105 Å². The number of para-hydroxylation sites is 5. The predicted octanol–water partition coefficient (Wildman–Crippen LogP) is 37.4. The van der Waals surface area contributed by atoms with Crippen LogP contribution in [0.3, 0.4) is 0 Å². The molecule has 0 unspecified atom stereocenters. The number of furan rings is 1. The van der Waals surface area contributed by atoms with E-state index in [-0.39, 0.29) is 0 Å². The molecule has 30 rings (SSSR count). The molecule has 0 fully saturated rings. The fourth-order valence-corrected chi connectivity index (χ4v) is 24.3. The summed E-state index contributed by atoms with van der Waals surface area (Å²) in [5.74, 6) is 2.00. The summed E-state index contributed by atoms with van der Waals surface area (Å²) < 4.78 is 18.4. The second-order valence-electron chi connectivity index (χ2n) is 37.9. The monoisotopic (exact) mass is 1950 g/mol. The van der Waals surface area contributed by atoms with Crippen LogP contribution in [0.4, 0.5) is 0 Å². The minimum absolute atomic E-state index is 0.639. The second kappa shape index (κ2) is 37.6. The van der Waals surface area contributed by atoms with Crippen LogP contribution in [0.1, 0.15) is 0 Å². The van der Waals surface area contributed by atoms with Crippen molar-refractivity contribution in [2.45, 2.75) is 0 Å². The molecule has 0 radical (unpaired) electrons. The van der Waals surface area contributed by atoms with Crippen molar-refractivity contribution in [3.8, 4) is 152 Å². The fourth-order valence-electron chi connectivity index (χ4n) is 21.8. The molecule has 0 amide bonds. The Labute approximate surface area is 871 Å². The first-order chi connectivity index (χ1) is 74.3. The highest BCUT2D eigenvalue weighted by Crippen LogP contribution is 2.48. The molecule has 21 aromatic carbocycles. The number of benzene rings is 21. The van der Waals surface area contributed by atoms with Crippen LogP contribution in [0.25, 0.3) is 280 Å². The largest absolute Gasteiger partial charge is 0.455 e. The zero-order valence-electron chi connectivity index (χ0n) is 81.0. The van der Waals surface area contributed by atoms with Gasteiger partial charge in [-0.3, -0.25) is 9.13 Å². The third-order valence-electron chi connectivity index (χ3n) is 29.1. The molecule has 10 nitrogen and oxygen atoms in total. The van der Waals surface area contributed by atoms with Gasteiger partial charge in [-0.05, 0) is 182 Å². The zero-order chi connectivity index (χ0) is 99.1. The van der Waals surface area contributed by atoms with E-state index in [2.05, 4.69) is 481 Å². The third kappa shape index (κ3) is 16.0. The van der Waals surface area contributed by atoms with Crippen LogP contribution >= 0.6 is 22.7 Å². The van der Waals surface area contributed by atoms with Gasteiger partial charge < -0.3 is 8.98 Å². The molecule has 0 aliphatic carbocycles. The predicted molar refractivity (Wildman–Crippen MR) is 627 cm³/mol. The Hall–Kier alpha value is -19.5. The summed E-state index contributed by atoms with van der Waals surface area (Å²) >= 11 is 3.74. The van der Waals surface area contributed by atoms with E-state index in [1.54, 1.807) is 0 Å². The lowest BCUT2D eigenvalue weighted by molar-refractivity contribution is 0.670. The molecule has 0 spiro atoms. The molecule has 12 heteroatoms. The van der Waals surface area contributed by atoms with Gasteiger partial charge in [0.15, 0.2) is 5.82 Å². The minimum Gasteiger partial charge on any atom is -0.455 e. The molecular weight excluding hydrogens is 1860 g/mol. The number of hydrogen-bond acceptors (Lipinski definition) is 9. The molecule has 30 aromatic rings. The van der Waals surface area contributed by atoms with E-state index < -0.39 is 0 Å². The van der Waals surface area contributed by atoms with Crippen molar-refractivity contribution in [3.63, 3.8) is 0 Å². The Morgan fingerprint density at radius 2 is 0.513 bits per heavy atom. The first kappa shape index (κ1) is 88.2. The summed E-state index contributed by atoms with van der Waals surface area (Å²) in [5.41, 5.74) is 34.9. The zero-order valence-corrected chi connectivity index (χ0v) is 82.6. The van der Waals surface area contributed by atoms with Crippen LogP contribution < -0.4 is 0 Å². The lowest BCUT2D eigenvalue weighted by Gasteiger charge is -2.12. The van der Waals surface area contributed by atoms with Gasteiger partial charge in [-0.25, -0.2) is 29.9 Å². The first-order valence-electron chi connectivity index (χ1n) is 50.5. The highest BCUT2D eigenvalue weighted by Gasteiger charge is 2.25. The van der Waals surface area contributed by atoms with E-state index >= 15 is 0 Å². The number of rotatable bonds is 15. The van der Waals surface area contributed by atoms with Crippen LogP contribution in [-0.4, -0.2) is 43.6 Å². The Bertz CT molecular complexity index is 10500. The Morgan fingerprint density at radius 3 is 1.04 bits per heavy atom. The summed E-state index contributed by atoms with van der Waals surface area (Å²) in [6, 6.07) is 183. The molecule has 0 aliphatic rings. The number of hydrogen-bond donors (Lipinski definition) is 0. The van der Waals surface area contributed by atoms with Gasteiger partial charge in [0.1, 0.15) is 11.2 Å². The van der Waals surface area contributed by atoms with Crippen LogP contribution in [0.5, 0.6) is 0 Å². The standard InChI is InChI=1S/C46H29N3O.2C46H29N3S/c1-2-10-30(11-3-1)33-12-8-13-34(28-33)31-20-22-32(23-21-31)41-26-27-47-46(48-41)49-42-18-6-4-14-37(42)40-29-35(24-25-43(40)49)36-16-9-17-39-38-15-5-7-19-44(38)50-45(36)39;1-3-12-30(13-4-1)31-22-24-33(25-23-31)41-29-40(32-14-5-2-6-15-32)47-46(48-41)49-42-20-9-7-16-36(42)39-28-34(26-27-43(39)49)35-18-11-19-38-37-17-8-10-21-44(37)50-45(35)38;1-2-10-30(11-3-1)31-20-22-32(23-21-31)41-26-27-47-46(48-41)34-12-8-13-35(28-34)49-42-18-6-4-14-37(42)40-29-33(24-25-43(40)49)36-16-9-17-39-38-15-5-7-19-44(38)50-45(36)39/h3*1-29H. The van der Waals surface area contributed by atoms with E-state index in [4.69, 9.17) is 34.3 Å². The van der Waals surface area contributed by atoms with Crippen molar-refractivity contribution >= 4 is 150 Å². The summed E-state index contributed by atoms with van der Waals surface area (Å²) in [4.78, 5) is 30.2. The second-order valence-corrected chi connectivity index (χ2v) is 40.0. The van der Waals surface area contributed by atoms with E-state index in [0.717, 1.165) is 128 Å². The van der Waals surface area contributed by atoms with Crippen molar-refractivity contribution < 1.29 is 4.42 Å². The van der Waals surface area contributed by atoms with Gasteiger partial charge in [-0.15, -0.1) is 22.7 Å². The Balaban J connectivity index is 0.000000108. The minimum atomic E-state index is 0.639. The number of fused-ring (bicyclic) bond motifs is 18. The summed E-state index contributed by atoms with van der Waals surface area (Å²) in [6.45, 7) is 0.